The summed E-state index contributed by atoms with van der Waals surface area (Å²) in [5.41, 5.74) is 0.351. The van der Waals surface area contributed by atoms with Gasteiger partial charge in [-0.15, -0.1) is 0 Å². The van der Waals surface area contributed by atoms with Crippen LogP contribution in [0, 0.1) is 23.5 Å². The second kappa shape index (κ2) is 5.73. The van der Waals surface area contributed by atoms with Crippen LogP contribution in [0.3, 0.4) is 0 Å². The average Bonchev–Trinajstić information content (AvgIpc) is 3.21. The molecule has 0 bridgehead atoms. The summed E-state index contributed by atoms with van der Waals surface area (Å²) in [7, 11) is 0. The lowest BCUT2D eigenvalue weighted by Crippen LogP contribution is -2.59. The van der Waals surface area contributed by atoms with Gasteiger partial charge in [0.05, 0.1) is 10.7 Å². The summed E-state index contributed by atoms with van der Waals surface area (Å²) < 4.78 is 27.6. The quantitative estimate of drug-likeness (QED) is 0.912. The minimum atomic E-state index is -0.628. The molecule has 0 amide bonds. The summed E-state index contributed by atoms with van der Waals surface area (Å²) >= 11 is 6.14. The van der Waals surface area contributed by atoms with Crippen molar-refractivity contribution in [1.29, 1.82) is 0 Å². The number of halogens is 3. The van der Waals surface area contributed by atoms with E-state index in [1.807, 2.05) is 4.90 Å². The van der Waals surface area contributed by atoms with Crippen LogP contribution in [0.1, 0.15) is 26.7 Å². The van der Waals surface area contributed by atoms with E-state index in [2.05, 4.69) is 19.2 Å². The fourth-order valence-electron chi connectivity index (χ4n) is 3.27. The number of hydrogen-bond donors (Lipinski definition) is 1. The molecule has 2 unspecified atom stereocenters. The van der Waals surface area contributed by atoms with Crippen LogP contribution < -0.4 is 10.2 Å². The third-order valence-electron chi connectivity index (χ3n) is 4.61. The van der Waals surface area contributed by atoms with E-state index in [0.29, 0.717) is 23.6 Å². The molecule has 1 saturated heterocycles. The van der Waals surface area contributed by atoms with Crippen LogP contribution in [0.5, 0.6) is 0 Å². The summed E-state index contributed by atoms with van der Waals surface area (Å²) in [6, 6.07) is 2.66. The van der Waals surface area contributed by atoms with Crippen LogP contribution in [-0.4, -0.2) is 25.2 Å². The Morgan fingerprint density at radius 2 is 2.00 bits per heavy atom. The van der Waals surface area contributed by atoms with Gasteiger partial charge in [-0.3, -0.25) is 0 Å². The maximum absolute atomic E-state index is 14.3. The highest BCUT2D eigenvalue weighted by Crippen LogP contribution is 2.38. The zero-order chi connectivity index (χ0) is 15.1. The van der Waals surface area contributed by atoms with Gasteiger partial charge in [0.25, 0.3) is 0 Å². The molecule has 1 aliphatic heterocycles. The first kappa shape index (κ1) is 15.0. The molecule has 116 valence electrons. The minimum absolute atomic E-state index is 0.162. The van der Waals surface area contributed by atoms with E-state index < -0.39 is 11.6 Å². The Morgan fingerprint density at radius 1 is 1.29 bits per heavy atom. The Kier molecular flexibility index (Phi) is 4.10. The molecule has 21 heavy (non-hydrogen) atoms. The first-order valence-electron chi connectivity index (χ1n) is 7.62. The highest BCUT2D eigenvalue weighted by molar-refractivity contribution is 6.33. The number of benzene rings is 1. The van der Waals surface area contributed by atoms with Crippen molar-refractivity contribution in [2.75, 3.05) is 18.0 Å². The van der Waals surface area contributed by atoms with Gasteiger partial charge in [-0.2, -0.15) is 0 Å². The van der Waals surface area contributed by atoms with Crippen LogP contribution in [-0.2, 0) is 0 Å². The van der Waals surface area contributed by atoms with Crippen LogP contribution in [0.25, 0.3) is 0 Å². The van der Waals surface area contributed by atoms with E-state index >= 15 is 0 Å². The molecular weight excluding hydrogens is 294 g/mol. The maximum atomic E-state index is 14.3. The largest absolute Gasteiger partial charge is 0.362 e. The molecule has 1 heterocycles. The number of rotatable bonds is 3. The Morgan fingerprint density at radius 3 is 2.57 bits per heavy atom. The molecule has 2 aliphatic rings. The number of nitrogens with zero attached hydrogens (tertiary/aromatic N) is 1. The van der Waals surface area contributed by atoms with Gasteiger partial charge < -0.3 is 10.2 Å². The zero-order valence-electron chi connectivity index (χ0n) is 12.4. The lowest BCUT2D eigenvalue weighted by molar-refractivity contribution is 0.318. The summed E-state index contributed by atoms with van der Waals surface area (Å²) in [4.78, 5) is 2.04. The van der Waals surface area contributed by atoms with Crippen molar-refractivity contribution in [2.45, 2.75) is 38.8 Å². The van der Waals surface area contributed by atoms with Gasteiger partial charge >= 0.3 is 0 Å². The lowest BCUT2D eigenvalue weighted by Gasteiger charge is -2.44. The number of anilines is 1. The Bertz CT molecular complexity index is 508. The van der Waals surface area contributed by atoms with E-state index in [-0.39, 0.29) is 11.1 Å². The molecule has 2 fully saturated rings. The van der Waals surface area contributed by atoms with Gasteiger partial charge in [0, 0.05) is 31.2 Å². The molecule has 5 heteroatoms. The molecule has 1 aromatic carbocycles. The summed E-state index contributed by atoms with van der Waals surface area (Å²) in [6.07, 6.45) is 2.47. The predicted octanol–water partition coefficient (Wildman–Crippen LogP) is 3.83. The maximum Gasteiger partial charge on any atom is 0.150 e. The first-order chi connectivity index (χ1) is 9.97. The molecule has 0 radical (unpaired) electrons. The summed E-state index contributed by atoms with van der Waals surface area (Å²) in [5, 5.41) is 3.74. The molecule has 1 N–H and O–H groups in total. The summed E-state index contributed by atoms with van der Waals surface area (Å²) in [6.45, 7) is 5.78. The van der Waals surface area contributed by atoms with Gasteiger partial charge in [0.2, 0.25) is 0 Å². The molecule has 1 saturated carbocycles. The standard InChI is InChI=1S/C16H21ClF2N2/c1-9(2)15-7-20-14(10-3-4-10)8-21(15)16-12(17)5-11(18)6-13(16)19/h5-6,9-10,14-15,20H,3-4,7-8H2,1-2H3. The smallest absolute Gasteiger partial charge is 0.150 e. The van der Waals surface area contributed by atoms with Crippen LogP contribution >= 0.6 is 11.6 Å². The third kappa shape index (κ3) is 3.02. The van der Waals surface area contributed by atoms with Crippen molar-refractivity contribution in [3.8, 4) is 0 Å². The van der Waals surface area contributed by atoms with E-state index in [4.69, 9.17) is 11.6 Å². The van der Waals surface area contributed by atoms with Crippen molar-refractivity contribution in [3.05, 3.63) is 28.8 Å². The lowest BCUT2D eigenvalue weighted by atomic mass is 9.96. The van der Waals surface area contributed by atoms with Gasteiger partial charge in [0.15, 0.2) is 5.82 Å². The molecule has 1 aromatic rings. The van der Waals surface area contributed by atoms with E-state index in [9.17, 15) is 8.78 Å². The van der Waals surface area contributed by atoms with Crippen LogP contribution in [0.2, 0.25) is 5.02 Å². The van der Waals surface area contributed by atoms with Crippen molar-refractivity contribution < 1.29 is 8.78 Å². The van der Waals surface area contributed by atoms with Crippen molar-refractivity contribution in [2.24, 2.45) is 11.8 Å². The predicted molar refractivity (Wildman–Crippen MR) is 81.9 cm³/mol. The second-order valence-electron chi connectivity index (χ2n) is 6.53. The Balaban J connectivity index is 1.94. The first-order valence-corrected chi connectivity index (χ1v) is 7.99. The average molecular weight is 315 g/mol. The Hall–Kier alpha value is -0.870. The Labute approximate surface area is 129 Å². The number of hydrogen-bond acceptors (Lipinski definition) is 2. The van der Waals surface area contributed by atoms with E-state index in [1.54, 1.807) is 0 Å². The van der Waals surface area contributed by atoms with Crippen molar-refractivity contribution >= 4 is 17.3 Å². The van der Waals surface area contributed by atoms with Gasteiger partial charge in [-0.25, -0.2) is 8.78 Å². The topological polar surface area (TPSA) is 15.3 Å². The molecule has 2 nitrogen and oxygen atoms in total. The van der Waals surface area contributed by atoms with E-state index in [0.717, 1.165) is 19.2 Å². The molecular formula is C16H21ClF2N2. The van der Waals surface area contributed by atoms with Gasteiger partial charge in [0.1, 0.15) is 5.82 Å². The number of piperazine rings is 1. The van der Waals surface area contributed by atoms with E-state index in [1.165, 1.54) is 18.9 Å². The van der Waals surface area contributed by atoms with Crippen molar-refractivity contribution in [1.82, 2.24) is 5.32 Å². The highest BCUT2D eigenvalue weighted by atomic mass is 35.5. The zero-order valence-corrected chi connectivity index (χ0v) is 13.1. The molecule has 0 spiro atoms. The van der Waals surface area contributed by atoms with Crippen LogP contribution in [0.4, 0.5) is 14.5 Å². The van der Waals surface area contributed by atoms with Gasteiger partial charge in [-0.1, -0.05) is 25.4 Å². The third-order valence-corrected chi connectivity index (χ3v) is 4.90. The fraction of sp³-hybridized carbons (Fsp3) is 0.625. The molecule has 2 atom stereocenters. The molecule has 0 aromatic heterocycles. The second-order valence-corrected chi connectivity index (χ2v) is 6.94. The monoisotopic (exact) mass is 314 g/mol. The SMILES string of the molecule is CC(C)C1CNC(C2CC2)CN1c1c(F)cc(F)cc1Cl. The molecule has 1 aliphatic carbocycles. The van der Waals surface area contributed by atoms with Gasteiger partial charge in [-0.05, 0) is 30.7 Å². The molecule has 3 rings (SSSR count). The minimum Gasteiger partial charge on any atom is -0.362 e. The number of nitrogens with one attached hydrogen (secondary N) is 1. The highest BCUT2D eigenvalue weighted by Gasteiger charge is 2.39. The fourth-order valence-corrected chi connectivity index (χ4v) is 3.57. The normalized spacial score (nSPS) is 26.5. The van der Waals surface area contributed by atoms with Crippen molar-refractivity contribution in [3.63, 3.8) is 0 Å². The van der Waals surface area contributed by atoms with Crippen LogP contribution in [0.15, 0.2) is 12.1 Å². The summed E-state index contributed by atoms with van der Waals surface area (Å²) in [5.74, 6) is -0.153.